The highest BCUT2D eigenvalue weighted by Gasteiger charge is 2.07. The monoisotopic (exact) mass is 158 g/mol. The number of carbonyl (C=O) groups excluding carboxylic acids is 1. The van der Waals surface area contributed by atoms with Gasteiger partial charge in [0.2, 0.25) is 0 Å². The molecule has 0 heterocycles. The van der Waals surface area contributed by atoms with E-state index in [1.807, 2.05) is 6.92 Å². The minimum atomic E-state index is -0.438. The van der Waals surface area contributed by atoms with Crippen LogP contribution in [-0.2, 0) is 9.53 Å². The van der Waals surface area contributed by atoms with E-state index in [0.29, 0.717) is 6.61 Å². The standard InChI is InChI=1S/C8H14O3/c1-4-5-11-8(10)6(2)7(3)9/h9H,4-5H2,1-3H3/b7-6+. The van der Waals surface area contributed by atoms with Crippen LogP contribution < -0.4 is 0 Å². The van der Waals surface area contributed by atoms with Gasteiger partial charge >= 0.3 is 5.97 Å². The highest BCUT2D eigenvalue weighted by Crippen LogP contribution is 2.01. The van der Waals surface area contributed by atoms with Gasteiger partial charge in [-0.25, -0.2) is 4.79 Å². The molecule has 1 N–H and O–H groups in total. The fourth-order valence-electron chi connectivity index (χ4n) is 0.451. The minimum absolute atomic E-state index is 0.0195. The van der Waals surface area contributed by atoms with Crippen molar-refractivity contribution in [3.05, 3.63) is 11.3 Å². The molecule has 64 valence electrons. The largest absolute Gasteiger partial charge is 0.512 e. The molecule has 0 saturated carbocycles. The first-order valence-corrected chi connectivity index (χ1v) is 3.63. The van der Waals surface area contributed by atoms with E-state index in [9.17, 15) is 4.79 Å². The van der Waals surface area contributed by atoms with E-state index in [1.165, 1.54) is 13.8 Å². The molecule has 0 aromatic rings. The average Bonchev–Trinajstić information content (AvgIpc) is 1.98. The van der Waals surface area contributed by atoms with Crippen LogP contribution in [0.2, 0.25) is 0 Å². The summed E-state index contributed by atoms with van der Waals surface area (Å²) in [6.45, 7) is 5.32. The second kappa shape index (κ2) is 4.77. The summed E-state index contributed by atoms with van der Waals surface area (Å²) in [6.07, 6.45) is 0.795. The zero-order valence-corrected chi connectivity index (χ0v) is 7.18. The second-order valence-corrected chi connectivity index (χ2v) is 2.35. The molecule has 0 saturated heterocycles. The van der Waals surface area contributed by atoms with Crippen LogP contribution >= 0.6 is 0 Å². The third-order valence-electron chi connectivity index (χ3n) is 1.29. The number of allylic oxidation sites excluding steroid dienone is 1. The van der Waals surface area contributed by atoms with E-state index < -0.39 is 5.97 Å². The SMILES string of the molecule is CCCOC(=O)/C(C)=C(\C)O. The zero-order chi connectivity index (χ0) is 8.85. The lowest BCUT2D eigenvalue weighted by molar-refractivity contribution is -0.139. The van der Waals surface area contributed by atoms with Crippen molar-refractivity contribution in [1.29, 1.82) is 0 Å². The third-order valence-corrected chi connectivity index (χ3v) is 1.29. The molecule has 0 amide bonds. The lowest BCUT2D eigenvalue weighted by Gasteiger charge is -2.02. The molecule has 0 aliphatic heterocycles. The minimum Gasteiger partial charge on any atom is -0.512 e. The molecule has 0 rings (SSSR count). The zero-order valence-electron chi connectivity index (χ0n) is 7.18. The van der Waals surface area contributed by atoms with E-state index in [-0.39, 0.29) is 11.3 Å². The molecule has 0 unspecified atom stereocenters. The molecular formula is C8H14O3. The van der Waals surface area contributed by atoms with Gasteiger partial charge in [-0.2, -0.15) is 0 Å². The molecule has 0 aliphatic carbocycles. The van der Waals surface area contributed by atoms with E-state index in [1.54, 1.807) is 0 Å². The Morgan fingerprint density at radius 1 is 1.45 bits per heavy atom. The average molecular weight is 158 g/mol. The second-order valence-electron chi connectivity index (χ2n) is 2.35. The Labute approximate surface area is 66.7 Å². The molecular weight excluding hydrogens is 144 g/mol. The van der Waals surface area contributed by atoms with Crippen LogP contribution in [0.25, 0.3) is 0 Å². The summed E-state index contributed by atoms with van der Waals surface area (Å²) in [7, 11) is 0. The van der Waals surface area contributed by atoms with E-state index in [4.69, 9.17) is 9.84 Å². The third kappa shape index (κ3) is 3.65. The Morgan fingerprint density at radius 3 is 2.36 bits per heavy atom. The number of rotatable bonds is 3. The lowest BCUT2D eigenvalue weighted by Crippen LogP contribution is -2.07. The van der Waals surface area contributed by atoms with Gasteiger partial charge < -0.3 is 9.84 Å². The van der Waals surface area contributed by atoms with Gasteiger partial charge in [0, 0.05) is 0 Å². The summed E-state index contributed by atoms with van der Waals surface area (Å²) >= 11 is 0. The molecule has 0 radical (unpaired) electrons. The Balaban J connectivity index is 3.95. The number of hydrogen-bond donors (Lipinski definition) is 1. The molecule has 0 bridgehead atoms. The molecule has 0 aliphatic rings. The molecule has 11 heavy (non-hydrogen) atoms. The highest BCUT2D eigenvalue weighted by atomic mass is 16.5. The summed E-state index contributed by atoms with van der Waals surface area (Å²) in [4.78, 5) is 10.9. The number of esters is 1. The summed E-state index contributed by atoms with van der Waals surface area (Å²) in [5, 5.41) is 8.87. The van der Waals surface area contributed by atoms with Gasteiger partial charge in [0.05, 0.1) is 17.9 Å². The Bertz CT molecular complexity index is 166. The van der Waals surface area contributed by atoms with E-state index in [2.05, 4.69) is 0 Å². The van der Waals surface area contributed by atoms with Crippen molar-refractivity contribution in [2.45, 2.75) is 27.2 Å². The van der Waals surface area contributed by atoms with E-state index in [0.717, 1.165) is 6.42 Å². The van der Waals surface area contributed by atoms with Gasteiger partial charge in [-0.05, 0) is 20.3 Å². The number of carbonyl (C=O) groups is 1. The van der Waals surface area contributed by atoms with Crippen molar-refractivity contribution in [3.8, 4) is 0 Å². The van der Waals surface area contributed by atoms with Crippen molar-refractivity contribution >= 4 is 5.97 Å². The van der Waals surface area contributed by atoms with Gasteiger partial charge in [-0.1, -0.05) is 6.92 Å². The summed E-state index contributed by atoms with van der Waals surface area (Å²) < 4.78 is 4.76. The fraction of sp³-hybridized carbons (Fsp3) is 0.625. The van der Waals surface area contributed by atoms with Gasteiger partial charge in [0.25, 0.3) is 0 Å². The van der Waals surface area contributed by atoms with Crippen LogP contribution in [-0.4, -0.2) is 17.7 Å². The first kappa shape index (κ1) is 10.0. The lowest BCUT2D eigenvalue weighted by atomic mass is 10.3. The van der Waals surface area contributed by atoms with Crippen molar-refractivity contribution in [1.82, 2.24) is 0 Å². The summed E-state index contributed by atoms with van der Waals surface area (Å²) in [6, 6.07) is 0. The van der Waals surface area contributed by atoms with Crippen molar-refractivity contribution in [2.75, 3.05) is 6.61 Å². The topological polar surface area (TPSA) is 46.5 Å². The fourth-order valence-corrected chi connectivity index (χ4v) is 0.451. The van der Waals surface area contributed by atoms with Crippen molar-refractivity contribution < 1.29 is 14.6 Å². The van der Waals surface area contributed by atoms with Crippen LogP contribution in [0, 0.1) is 0 Å². The Hall–Kier alpha value is -0.990. The smallest absolute Gasteiger partial charge is 0.337 e. The van der Waals surface area contributed by atoms with Gasteiger partial charge in [0.15, 0.2) is 0 Å². The van der Waals surface area contributed by atoms with Crippen LogP contribution in [0.15, 0.2) is 11.3 Å². The summed E-state index contributed by atoms with van der Waals surface area (Å²) in [5.74, 6) is -0.419. The Kier molecular flexibility index (Phi) is 4.34. The molecule has 3 nitrogen and oxygen atoms in total. The van der Waals surface area contributed by atoms with Crippen molar-refractivity contribution in [2.24, 2.45) is 0 Å². The van der Waals surface area contributed by atoms with Crippen LogP contribution in [0.5, 0.6) is 0 Å². The van der Waals surface area contributed by atoms with Crippen LogP contribution in [0.1, 0.15) is 27.2 Å². The van der Waals surface area contributed by atoms with Crippen LogP contribution in [0.4, 0.5) is 0 Å². The normalized spacial score (nSPS) is 12.3. The predicted octanol–water partition coefficient (Wildman–Crippen LogP) is 1.79. The van der Waals surface area contributed by atoms with Gasteiger partial charge in [0.1, 0.15) is 0 Å². The predicted molar refractivity (Wildman–Crippen MR) is 42.3 cm³/mol. The molecule has 0 aromatic carbocycles. The molecule has 3 heteroatoms. The number of ether oxygens (including phenoxy) is 1. The number of aliphatic hydroxyl groups excluding tert-OH is 1. The van der Waals surface area contributed by atoms with Gasteiger partial charge in [-0.15, -0.1) is 0 Å². The Morgan fingerprint density at radius 2 is 2.00 bits per heavy atom. The maximum atomic E-state index is 10.9. The number of hydrogen-bond acceptors (Lipinski definition) is 3. The first-order valence-electron chi connectivity index (χ1n) is 3.63. The van der Waals surface area contributed by atoms with Gasteiger partial charge in [-0.3, -0.25) is 0 Å². The molecule has 0 aromatic heterocycles. The number of aliphatic hydroxyl groups is 1. The quantitative estimate of drug-likeness (QED) is 0.387. The molecule has 0 fully saturated rings. The van der Waals surface area contributed by atoms with Crippen molar-refractivity contribution in [3.63, 3.8) is 0 Å². The highest BCUT2D eigenvalue weighted by molar-refractivity contribution is 5.88. The maximum Gasteiger partial charge on any atom is 0.337 e. The van der Waals surface area contributed by atoms with Crippen LogP contribution in [0.3, 0.4) is 0 Å². The summed E-state index contributed by atoms with van der Waals surface area (Å²) in [5.41, 5.74) is 0.276. The van der Waals surface area contributed by atoms with E-state index >= 15 is 0 Å². The molecule has 0 atom stereocenters. The molecule has 0 spiro atoms. The first-order chi connectivity index (χ1) is 5.09. The maximum absolute atomic E-state index is 10.9.